The Kier molecular flexibility index (Phi) is 11.5. The van der Waals surface area contributed by atoms with Gasteiger partial charge in [-0.05, 0) is 38.6 Å². The van der Waals surface area contributed by atoms with Gasteiger partial charge in [0.1, 0.15) is 6.04 Å². The van der Waals surface area contributed by atoms with Crippen LogP contribution in [-0.2, 0) is 23.9 Å². The molecule has 4 amide bonds. The maximum Gasteiger partial charge on any atom is 0.249 e. The number of likely N-dealkylation sites (tertiary alicyclic amines) is 1. The second-order valence-corrected chi connectivity index (χ2v) is 9.34. The molecular weight excluding hydrogens is 438 g/mol. The van der Waals surface area contributed by atoms with Crippen molar-refractivity contribution in [1.82, 2.24) is 25.3 Å². The molecule has 1 unspecified atom stereocenters. The number of ether oxygens (including phenoxy) is 1. The molecule has 0 saturated carbocycles. The number of carbonyl (C=O) groups excluding carboxylic acids is 4. The lowest BCUT2D eigenvalue weighted by Crippen LogP contribution is -2.47. The van der Waals surface area contributed by atoms with Crippen LogP contribution in [-0.4, -0.2) is 110 Å². The smallest absolute Gasteiger partial charge is 0.249 e. The van der Waals surface area contributed by atoms with Gasteiger partial charge in [0.2, 0.25) is 24.1 Å². The third-order valence-electron chi connectivity index (χ3n) is 6.49. The van der Waals surface area contributed by atoms with Gasteiger partial charge in [0.15, 0.2) is 0 Å². The molecule has 10 nitrogen and oxygen atoms in total. The van der Waals surface area contributed by atoms with Crippen LogP contribution in [0, 0.1) is 5.92 Å². The zero-order valence-corrected chi connectivity index (χ0v) is 21.0. The highest BCUT2D eigenvalue weighted by Gasteiger charge is 2.35. The van der Waals surface area contributed by atoms with Crippen LogP contribution in [0.25, 0.3) is 0 Å². The Hall–Kier alpha value is -2.46. The van der Waals surface area contributed by atoms with Gasteiger partial charge in [-0.2, -0.15) is 0 Å². The van der Waals surface area contributed by atoms with Crippen molar-refractivity contribution in [2.45, 2.75) is 52.1 Å². The van der Waals surface area contributed by atoms with E-state index >= 15 is 0 Å². The standard InChI is InChI=1S/C24H41N5O5/c1-18(2)21(27(4)22(31)16-25-17-30)15-19(3)24(33)29-10-5-7-20(29)23(32)26-8-6-9-28-11-13-34-14-12-28/h15,17-18,20-21H,5-14,16H2,1-4H3,(H,25,30)(H,26,32)/b19-15+/t20-,21?/m0/s1. The van der Waals surface area contributed by atoms with Crippen molar-refractivity contribution in [2.75, 3.05) is 59.5 Å². The maximum atomic E-state index is 13.2. The molecule has 2 fully saturated rings. The zero-order valence-electron chi connectivity index (χ0n) is 21.0. The van der Waals surface area contributed by atoms with Crippen molar-refractivity contribution in [1.29, 1.82) is 0 Å². The average Bonchev–Trinajstić information content (AvgIpc) is 3.33. The first-order valence-electron chi connectivity index (χ1n) is 12.3. The number of nitrogens with zero attached hydrogens (tertiary/aromatic N) is 3. The molecule has 0 aromatic rings. The number of likely N-dealkylation sites (N-methyl/N-ethyl adjacent to an activating group) is 1. The summed E-state index contributed by atoms with van der Waals surface area (Å²) in [5, 5.41) is 5.38. The number of morpholine rings is 1. The molecule has 192 valence electrons. The van der Waals surface area contributed by atoms with Gasteiger partial charge in [-0.1, -0.05) is 19.9 Å². The number of hydrogen-bond acceptors (Lipinski definition) is 6. The Morgan fingerprint density at radius 3 is 2.53 bits per heavy atom. The molecule has 2 aliphatic rings. The van der Waals surface area contributed by atoms with E-state index < -0.39 is 6.04 Å². The summed E-state index contributed by atoms with van der Waals surface area (Å²) in [7, 11) is 1.66. The summed E-state index contributed by atoms with van der Waals surface area (Å²) in [5.74, 6) is -0.452. The Balaban J connectivity index is 1.93. The van der Waals surface area contributed by atoms with Gasteiger partial charge in [-0.15, -0.1) is 0 Å². The van der Waals surface area contributed by atoms with Crippen LogP contribution in [0.5, 0.6) is 0 Å². The molecule has 2 rings (SSSR count). The molecule has 0 aliphatic carbocycles. The van der Waals surface area contributed by atoms with Crippen LogP contribution in [0.2, 0.25) is 0 Å². The van der Waals surface area contributed by atoms with Crippen LogP contribution < -0.4 is 10.6 Å². The quantitative estimate of drug-likeness (QED) is 0.231. The highest BCUT2D eigenvalue weighted by atomic mass is 16.5. The van der Waals surface area contributed by atoms with Crippen molar-refractivity contribution < 1.29 is 23.9 Å². The van der Waals surface area contributed by atoms with Crippen molar-refractivity contribution in [3.63, 3.8) is 0 Å². The fourth-order valence-corrected chi connectivity index (χ4v) is 4.46. The van der Waals surface area contributed by atoms with Gasteiger partial charge in [-0.25, -0.2) is 0 Å². The van der Waals surface area contributed by atoms with E-state index in [9.17, 15) is 19.2 Å². The highest BCUT2D eigenvalue weighted by Crippen LogP contribution is 2.21. The number of nitrogens with one attached hydrogen (secondary N) is 2. The molecule has 2 atom stereocenters. The number of hydrogen-bond donors (Lipinski definition) is 2. The molecular formula is C24H41N5O5. The van der Waals surface area contributed by atoms with E-state index in [2.05, 4.69) is 15.5 Å². The minimum Gasteiger partial charge on any atom is -0.379 e. The Labute approximate surface area is 203 Å². The Bertz CT molecular complexity index is 735. The van der Waals surface area contributed by atoms with Crippen molar-refractivity contribution in [2.24, 2.45) is 5.92 Å². The fourth-order valence-electron chi connectivity index (χ4n) is 4.46. The van der Waals surface area contributed by atoms with Crippen LogP contribution >= 0.6 is 0 Å². The highest BCUT2D eigenvalue weighted by molar-refractivity contribution is 5.97. The van der Waals surface area contributed by atoms with Crippen molar-refractivity contribution in [3.8, 4) is 0 Å². The monoisotopic (exact) mass is 479 g/mol. The van der Waals surface area contributed by atoms with Crippen LogP contribution in [0.4, 0.5) is 0 Å². The minimum atomic E-state index is -0.465. The van der Waals surface area contributed by atoms with E-state index in [1.165, 1.54) is 0 Å². The molecule has 0 aromatic carbocycles. The van der Waals surface area contributed by atoms with Crippen LogP contribution in [0.1, 0.15) is 40.0 Å². The number of carbonyl (C=O) groups is 4. The predicted octanol–water partition coefficient (Wildman–Crippen LogP) is -0.00880. The van der Waals surface area contributed by atoms with E-state index in [0.29, 0.717) is 31.5 Å². The molecule has 0 bridgehead atoms. The molecule has 2 heterocycles. The van der Waals surface area contributed by atoms with E-state index in [1.54, 1.807) is 29.8 Å². The van der Waals surface area contributed by atoms with E-state index in [0.717, 1.165) is 45.7 Å². The van der Waals surface area contributed by atoms with Gasteiger partial charge in [0.05, 0.1) is 25.8 Å². The summed E-state index contributed by atoms with van der Waals surface area (Å²) >= 11 is 0. The second-order valence-electron chi connectivity index (χ2n) is 9.34. The molecule has 2 saturated heterocycles. The number of amides is 4. The zero-order chi connectivity index (χ0) is 25.1. The summed E-state index contributed by atoms with van der Waals surface area (Å²) in [6, 6.07) is -0.771. The van der Waals surface area contributed by atoms with Gasteiger partial charge in [0.25, 0.3) is 0 Å². The lowest BCUT2D eigenvalue weighted by atomic mass is 9.99. The topological polar surface area (TPSA) is 111 Å². The third kappa shape index (κ3) is 8.09. The molecule has 0 spiro atoms. The lowest BCUT2D eigenvalue weighted by molar-refractivity contribution is -0.135. The first-order valence-corrected chi connectivity index (χ1v) is 12.3. The number of rotatable bonds is 12. The summed E-state index contributed by atoms with van der Waals surface area (Å²) in [6.45, 7) is 11.0. The average molecular weight is 480 g/mol. The first-order chi connectivity index (χ1) is 16.3. The molecule has 34 heavy (non-hydrogen) atoms. The molecule has 2 aliphatic heterocycles. The third-order valence-corrected chi connectivity index (χ3v) is 6.49. The van der Waals surface area contributed by atoms with E-state index in [-0.39, 0.29) is 36.2 Å². The summed E-state index contributed by atoms with van der Waals surface area (Å²) in [4.78, 5) is 54.4. The van der Waals surface area contributed by atoms with Crippen LogP contribution in [0.3, 0.4) is 0 Å². The van der Waals surface area contributed by atoms with Gasteiger partial charge in [-0.3, -0.25) is 24.1 Å². The summed E-state index contributed by atoms with van der Waals surface area (Å²) < 4.78 is 5.35. The summed E-state index contributed by atoms with van der Waals surface area (Å²) in [6.07, 6.45) is 4.58. The molecule has 2 N–H and O–H groups in total. The lowest BCUT2D eigenvalue weighted by Gasteiger charge is -2.30. The summed E-state index contributed by atoms with van der Waals surface area (Å²) in [5.41, 5.74) is 0.508. The Morgan fingerprint density at radius 2 is 1.88 bits per heavy atom. The van der Waals surface area contributed by atoms with E-state index in [4.69, 9.17) is 4.74 Å². The van der Waals surface area contributed by atoms with Crippen LogP contribution in [0.15, 0.2) is 11.6 Å². The largest absolute Gasteiger partial charge is 0.379 e. The normalized spacial score (nSPS) is 20.2. The van der Waals surface area contributed by atoms with Gasteiger partial charge in [0, 0.05) is 38.8 Å². The molecule has 0 aromatic heterocycles. The van der Waals surface area contributed by atoms with Crippen molar-refractivity contribution >= 4 is 24.1 Å². The molecule has 10 heteroatoms. The van der Waals surface area contributed by atoms with Crippen molar-refractivity contribution in [3.05, 3.63) is 11.6 Å². The maximum absolute atomic E-state index is 13.2. The Morgan fingerprint density at radius 1 is 1.18 bits per heavy atom. The predicted molar refractivity (Wildman–Crippen MR) is 129 cm³/mol. The van der Waals surface area contributed by atoms with E-state index in [1.807, 2.05) is 13.8 Å². The first kappa shape index (κ1) is 27.8. The molecule has 0 radical (unpaired) electrons. The van der Waals surface area contributed by atoms with Gasteiger partial charge < -0.3 is 25.2 Å². The van der Waals surface area contributed by atoms with Gasteiger partial charge >= 0.3 is 0 Å². The fraction of sp³-hybridized carbons (Fsp3) is 0.750. The SMILES string of the molecule is C/C(=C\C(C(C)C)N(C)C(=O)CNC=O)C(=O)N1CCC[C@H]1C(=O)NCCCN1CCOCC1. The minimum absolute atomic E-state index is 0.0667. The second kappa shape index (κ2) is 14.1.